The summed E-state index contributed by atoms with van der Waals surface area (Å²) in [5.41, 5.74) is 0.0706. The highest BCUT2D eigenvalue weighted by atomic mass is 79.9. The molecule has 0 heterocycles. The number of methoxy groups -OCH3 is 1. The van der Waals surface area contributed by atoms with Crippen LogP contribution in [0.4, 0.5) is 5.69 Å². The van der Waals surface area contributed by atoms with Crippen molar-refractivity contribution < 1.29 is 14.5 Å². The summed E-state index contributed by atoms with van der Waals surface area (Å²) in [6, 6.07) is 2.48. The van der Waals surface area contributed by atoms with Gasteiger partial charge in [-0.05, 0) is 22.9 Å². The summed E-state index contributed by atoms with van der Waals surface area (Å²) < 4.78 is 5.36. The number of ether oxygens (including phenoxy) is 1. The summed E-state index contributed by atoms with van der Waals surface area (Å²) in [6.07, 6.45) is 0. The first-order valence-electron chi connectivity index (χ1n) is 4.00. The van der Waals surface area contributed by atoms with E-state index in [1.54, 1.807) is 0 Å². The normalized spacial score (nSPS) is 9.80. The predicted molar refractivity (Wildman–Crippen MR) is 57.4 cm³/mol. The summed E-state index contributed by atoms with van der Waals surface area (Å²) in [7, 11) is 1.38. The highest BCUT2D eigenvalue weighted by Gasteiger charge is 2.17. The van der Waals surface area contributed by atoms with Crippen LogP contribution in [0.3, 0.4) is 0 Å². The van der Waals surface area contributed by atoms with Crippen molar-refractivity contribution in [1.29, 1.82) is 0 Å². The van der Waals surface area contributed by atoms with Crippen molar-refractivity contribution in [3.63, 3.8) is 0 Å². The van der Waals surface area contributed by atoms with Gasteiger partial charge >= 0.3 is 0 Å². The van der Waals surface area contributed by atoms with Crippen LogP contribution < -0.4 is 4.74 Å². The van der Waals surface area contributed by atoms with E-state index in [4.69, 9.17) is 4.74 Å². The zero-order valence-corrected chi connectivity index (χ0v) is 9.70. The minimum Gasteiger partial charge on any atom is -0.495 e. The molecule has 1 rings (SSSR count). The lowest BCUT2D eigenvalue weighted by Gasteiger charge is -2.06. The average molecular weight is 274 g/mol. The number of rotatable bonds is 3. The van der Waals surface area contributed by atoms with E-state index in [1.807, 2.05) is 0 Å². The fraction of sp³-hybridized carbons (Fsp3) is 0.222. The van der Waals surface area contributed by atoms with Crippen LogP contribution >= 0.6 is 15.9 Å². The molecular formula is C9H8BrNO4. The van der Waals surface area contributed by atoms with Crippen LogP contribution in [0.15, 0.2) is 16.6 Å². The topological polar surface area (TPSA) is 69.4 Å². The summed E-state index contributed by atoms with van der Waals surface area (Å²) in [6.45, 7) is 1.34. The minimum absolute atomic E-state index is 0.166. The van der Waals surface area contributed by atoms with E-state index in [0.717, 1.165) is 0 Å². The van der Waals surface area contributed by atoms with Gasteiger partial charge < -0.3 is 4.74 Å². The molecule has 0 aliphatic carbocycles. The van der Waals surface area contributed by atoms with Gasteiger partial charge in [0.1, 0.15) is 5.75 Å². The molecule has 0 N–H and O–H groups in total. The maximum Gasteiger partial charge on any atom is 0.273 e. The van der Waals surface area contributed by atoms with E-state index in [-0.39, 0.29) is 22.8 Å². The van der Waals surface area contributed by atoms with Crippen LogP contribution in [-0.4, -0.2) is 17.8 Å². The lowest BCUT2D eigenvalue weighted by atomic mass is 10.1. The van der Waals surface area contributed by atoms with Gasteiger partial charge in [0.05, 0.1) is 22.6 Å². The average Bonchev–Trinajstić information content (AvgIpc) is 2.17. The van der Waals surface area contributed by atoms with Gasteiger partial charge in [0.2, 0.25) is 0 Å². The number of hydrogen-bond acceptors (Lipinski definition) is 4. The van der Waals surface area contributed by atoms with Gasteiger partial charge in [-0.15, -0.1) is 0 Å². The molecule has 0 aromatic heterocycles. The summed E-state index contributed by atoms with van der Waals surface area (Å²) in [4.78, 5) is 21.2. The number of ketones is 1. The highest BCUT2D eigenvalue weighted by molar-refractivity contribution is 9.10. The Bertz CT molecular complexity index is 430. The van der Waals surface area contributed by atoms with E-state index in [1.165, 1.54) is 26.2 Å². The molecular weight excluding hydrogens is 266 g/mol. The predicted octanol–water partition coefficient (Wildman–Crippen LogP) is 2.57. The molecule has 5 nitrogen and oxygen atoms in total. The number of nitrogens with zero attached hydrogens (tertiary/aromatic N) is 1. The van der Waals surface area contributed by atoms with Crippen LogP contribution in [-0.2, 0) is 0 Å². The quantitative estimate of drug-likeness (QED) is 0.482. The third-order valence-corrected chi connectivity index (χ3v) is 2.65. The summed E-state index contributed by atoms with van der Waals surface area (Å²) in [5.74, 6) is 0.0123. The summed E-state index contributed by atoms with van der Waals surface area (Å²) >= 11 is 3.16. The fourth-order valence-electron chi connectivity index (χ4n) is 1.09. The molecule has 6 heteroatoms. The van der Waals surface area contributed by atoms with Gasteiger partial charge in [0.25, 0.3) is 5.69 Å². The smallest absolute Gasteiger partial charge is 0.273 e. The van der Waals surface area contributed by atoms with Crippen LogP contribution in [0.1, 0.15) is 17.3 Å². The van der Waals surface area contributed by atoms with Crippen molar-refractivity contribution >= 4 is 27.4 Å². The Morgan fingerprint density at radius 3 is 2.53 bits per heavy atom. The largest absolute Gasteiger partial charge is 0.495 e. The van der Waals surface area contributed by atoms with Crippen molar-refractivity contribution in [2.24, 2.45) is 0 Å². The Kier molecular flexibility index (Phi) is 3.41. The lowest BCUT2D eigenvalue weighted by Crippen LogP contribution is -1.99. The van der Waals surface area contributed by atoms with Gasteiger partial charge in [-0.3, -0.25) is 14.9 Å². The molecule has 0 unspecified atom stereocenters. The van der Waals surface area contributed by atoms with E-state index in [0.29, 0.717) is 4.47 Å². The molecule has 0 bridgehead atoms. The first-order chi connectivity index (χ1) is 6.97. The van der Waals surface area contributed by atoms with Crippen molar-refractivity contribution in [3.8, 4) is 5.75 Å². The number of nitro groups is 1. The van der Waals surface area contributed by atoms with Gasteiger partial charge in [-0.25, -0.2) is 0 Å². The van der Waals surface area contributed by atoms with Gasteiger partial charge in [0.15, 0.2) is 5.78 Å². The maximum atomic E-state index is 11.2. The molecule has 0 saturated carbocycles. The van der Waals surface area contributed by atoms with Crippen LogP contribution in [0, 0.1) is 10.1 Å². The van der Waals surface area contributed by atoms with Gasteiger partial charge in [-0.1, -0.05) is 0 Å². The first-order valence-corrected chi connectivity index (χ1v) is 4.79. The van der Waals surface area contributed by atoms with Crippen LogP contribution in [0.5, 0.6) is 5.75 Å². The molecule has 0 atom stereocenters. The zero-order chi connectivity index (χ0) is 11.6. The molecule has 0 amide bonds. The zero-order valence-electron chi connectivity index (χ0n) is 8.11. The van der Waals surface area contributed by atoms with Crippen molar-refractivity contribution in [1.82, 2.24) is 0 Å². The molecule has 0 fully saturated rings. The minimum atomic E-state index is -0.568. The Balaban J connectivity index is 3.45. The molecule has 1 aromatic carbocycles. The van der Waals surface area contributed by atoms with Crippen molar-refractivity contribution in [2.75, 3.05) is 7.11 Å². The Morgan fingerprint density at radius 1 is 1.53 bits per heavy atom. The van der Waals surface area contributed by atoms with E-state index >= 15 is 0 Å². The second kappa shape index (κ2) is 4.39. The maximum absolute atomic E-state index is 11.2. The summed E-state index contributed by atoms with van der Waals surface area (Å²) in [5, 5.41) is 10.6. The third kappa shape index (κ3) is 2.33. The van der Waals surface area contributed by atoms with Crippen molar-refractivity contribution in [3.05, 3.63) is 32.3 Å². The van der Waals surface area contributed by atoms with E-state index < -0.39 is 4.92 Å². The number of non-ortho nitro benzene ring substituents is 1. The second-order valence-electron chi connectivity index (χ2n) is 2.82. The number of carbonyl (C=O) groups is 1. The number of halogens is 1. The lowest BCUT2D eigenvalue weighted by molar-refractivity contribution is -0.385. The number of hydrogen-bond donors (Lipinski definition) is 0. The van der Waals surface area contributed by atoms with Crippen LogP contribution in [0.2, 0.25) is 0 Å². The SMILES string of the molecule is COc1cc([N+](=O)[O-])cc(C(C)=O)c1Br. The highest BCUT2D eigenvalue weighted by Crippen LogP contribution is 2.33. The number of benzene rings is 1. The Morgan fingerprint density at radius 2 is 2.13 bits per heavy atom. The molecule has 0 aliphatic rings. The standard InChI is InChI=1S/C9H8BrNO4/c1-5(12)7-3-6(11(13)14)4-8(15-2)9(7)10/h3-4H,1-2H3. The van der Waals surface area contributed by atoms with Gasteiger partial charge in [0, 0.05) is 11.6 Å². The molecule has 0 spiro atoms. The molecule has 0 radical (unpaired) electrons. The molecule has 15 heavy (non-hydrogen) atoms. The fourth-order valence-corrected chi connectivity index (χ4v) is 1.76. The van der Waals surface area contributed by atoms with Crippen molar-refractivity contribution in [2.45, 2.75) is 6.92 Å². The molecule has 1 aromatic rings. The number of Topliss-reactive ketones (excluding diaryl/α,β-unsaturated/α-hetero) is 1. The first kappa shape index (κ1) is 11.6. The molecule has 0 aliphatic heterocycles. The van der Waals surface area contributed by atoms with Crippen LogP contribution in [0.25, 0.3) is 0 Å². The number of carbonyl (C=O) groups excluding carboxylic acids is 1. The van der Waals surface area contributed by atoms with E-state index in [9.17, 15) is 14.9 Å². The molecule has 0 saturated heterocycles. The number of nitro benzene ring substituents is 1. The van der Waals surface area contributed by atoms with E-state index in [2.05, 4.69) is 15.9 Å². The second-order valence-corrected chi connectivity index (χ2v) is 3.62. The monoisotopic (exact) mass is 273 g/mol. The van der Waals surface area contributed by atoms with Gasteiger partial charge in [-0.2, -0.15) is 0 Å². The molecule has 80 valence electrons. The third-order valence-electron chi connectivity index (χ3n) is 1.83. The Labute approximate surface area is 94.3 Å². The Hall–Kier alpha value is -1.43.